The van der Waals surface area contributed by atoms with E-state index in [1.807, 2.05) is 74.5 Å². The van der Waals surface area contributed by atoms with Crippen molar-refractivity contribution in [3.05, 3.63) is 144 Å². The number of carbonyl (C=O) groups is 2. The van der Waals surface area contributed by atoms with Crippen molar-refractivity contribution in [2.45, 2.75) is 26.1 Å². The lowest BCUT2D eigenvalue weighted by molar-refractivity contribution is -0.0512. The zero-order valence-electron chi connectivity index (χ0n) is 20.8. The van der Waals surface area contributed by atoms with E-state index in [1.54, 1.807) is 60.7 Å². The van der Waals surface area contributed by atoms with Crippen molar-refractivity contribution in [3.63, 3.8) is 0 Å². The van der Waals surface area contributed by atoms with Crippen LogP contribution in [0.5, 0.6) is 0 Å². The Kier molecular flexibility index (Phi) is 11.2. The van der Waals surface area contributed by atoms with E-state index < -0.39 is 29.6 Å². The predicted molar refractivity (Wildman–Crippen MR) is 143 cm³/mol. The molecule has 4 aromatic rings. The molecule has 4 aromatic carbocycles. The summed E-state index contributed by atoms with van der Waals surface area (Å²) in [6.45, 7) is 3.75. The molecule has 2 atom stereocenters. The molecule has 192 valence electrons. The van der Waals surface area contributed by atoms with Crippen LogP contribution in [0.3, 0.4) is 0 Å². The van der Waals surface area contributed by atoms with Crippen LogP contribution in [-0.4, -0.2) is 32.4 Å². The molecule has 6 heteroatoms. The lowest BCUT2D eigenvalue weighted by atomic mass is 9.75. The molecule has 0 spiro atoms. The SMILES string of the molecule is CC(C)(C(O)c1ccccc1)C(O)c1ccccc1.O=C(O)c1ccccc1.O=C(O)c1ccccc1. The molecule has 2 unspecified atom stereocenters. The maximum Gasteiger partial charge on any atom is 0.335 e. The van der Waals surface area contributed by atoms with Gasteiger partial charge in [0.2, 0.25) is 0 Å². The Hall–Kier alpha value is -4.26. The average molecular weight is 501 g/mol. The van der Waals surface area contributed by atoms with Crippen molar-refractivity contribution in [3.8, 4) is 0 Å². The summed E-state index contributed by atoms with van der Waals surface area (Å²) in [4.78, 5) is 20.4. The molecule has 0 fully saturated rings. The fraction of sp³-hybridized carbons (Fsp3) is 0.161. The van der Waals surface area contributed by atoms with E-state index in [1.165, 1.54) is 0 Å². The summed E-state index contributed by atoms with van der Waals surface area (Å²) in [6, 6.07) is 35.5. The highest BCUT2D eigenvalue weighted by molar-refractivity contribution is 5.87. The largest absolute Gasteiger partial charge is 0.478 e. The molecule has 0 aliphatic carbocycles. The van der Waals surface area contributed by atoms with Crippen LogP contribution in [0.2, 0.25) is 0 Å². The van der Waals surface area contributed by atoms with Crippen LogP contribution >= 0.6 is 0 Å². The smallest absolute Gasteiger partial charge is 0.335 e. The molecule has 0 amide bonds. The monoisotopic (exact) mass is 500 g/mol. The highest BCUT2D eigenvalue weighted by atomic mass is 16.4. The summed E-state index contributed by atoms with van der Waals surface area (Å²) in [7, 11) is 0. The van der Waals surface area contributed by atoms with Crippen molar-refractivity contribution in [1.29, 1.82) is 0 Å². The van der Waals surface area contributed by atoms with Gasteiger partial charge < -0.3 is 20.4 Å². The Morgan fingerprint density at radius 1 is 0.514 bits per heavy atom. The summed E-state index contributed by atoms with van der Waals surface area (Å²) in [5, 5.41) is 37.8. The lowest BCUT2D eigenvalue weighted by Crippen LogP contribution is -2.29. The number of aromatic carboxylic acids is 2. The third-order valence-electron chi connectivity index (χ3n) is 5.68. The van der Waals surface area contributed by atoms with Crippen LogP contribution in [0.4, 0.5) is 0 Å². The first-order valence-electron chi connectivity index (χ1n) is 11.7. The van der Waals surface area contributed by atoms with Crippen LogP contribution in [-0.2, 0) is 0 Å². The fourth-order valence-corrected chi connectivity index (χ4v) is 3.44. The molecule has 4 rings (SSSR count). The van der Waals surface area contributed by atoms with E-state index in [-0.39, 0.29) is 0 Å². The molecule has 6 nitrogen and oxygen atoms in total. The second kappa shape index (κ2) is 14.3. The second-order valence-electron chi connectivity index (χ2n) is 8.79. The Balaban J connectivity index is 0.000000222. The zero-order chi connectivity index (χ0) is 27.3. The number of benzene rings is 4. The number of rotatable bonds is 6. The van der Waals surface area contributed by atoms with Gasteiger partial charge in [-0.2, -0.15) is 0 Å². The molecule has 0 bridgehead atoms. The Bertz CT molecular complexity index is 1110. The minimum Gasteiger partial charge on any atom is -0.478 e. The van der Waals surface area contributed by atoms with Crippen molar-refractivity contribution in [2.75, 3.05) is 0 Å². The zero-order valence-corrected chi connectivity index (χ0v) is 20.8. The average Bonchev–Trinajstić information content (AvgIpc) is 2.94. The number of hydrogen-bond acceptors (Lipinski definition) is 4. The van der Waals surface area contributed by atoms with E-state index in [0.29, 0.717) is 11.1 Å². The molecule has 0 aliphatic heterocycles. The summed E-state index contributed by atoms with van der Waals surface area (Å²) in [6.07, 6.45) is -1.44. The molecule has 4 N–H and O–H groups in total. The molecular weight excluding hydrogens is 468 g/mol. The van der Waals surface area contributed by atoms with Gasteiger partial charge in [-0.15, -0.1) is 0 Å². The van der Waals surface area contributed by atoms with Gasteiger partial charge in [0, 0.05) is 5.41 Å². The predicted octanol–water partition coefficient (Wildman–Crippen LogP) is 6.25. The second-order valence-corrected chi connectivity index (χ2v) is 8.79. The van der Waals surface area contributed by atoms with Crippen molar-refractivity contribution >= 4 is 11.9 Å². The van der Waals surface area contributed by atoms with Crippen molar-refractivity contribution in [1.82, 2.24) is 0 Å². The molecule has 0 aliphatic rings. The van der Waals surface area contributed by atoms with Crippen molar-refractivity contribution < 1.29 is 30.0 Å². The van der Waals surface area contributed by atoms with Gasteiger partial charge in [0.1, 0.15) is 0 Å². The van der Waals surface area contributed by atoms with Gasteiger partial charge in [0.25, 0.3) is 0 Å². The molecular formula is C31H32O6. The lowest BCUT2D eigenvalue weighted by Gasteiger charge is -2.35. The first-order valence-corrected chi connectivity index (χ1v) is 11.7. The van der Waals surface area contributed by atoms with Crippen LogP contribution in [0.25, 0.3) is 0 Å². The normalized spacial score (nSPS) is 12.0. The van der Waals surface area contributed by atoms with Gasteiger partial charge in [-0.05, 0) is 35.4 Å². The maximum atomic E-state index is 10.5. The number of aliphatic hydroxyl groups excluding tert-OH is 2. The minimum absolute atomic E-state index is 0.331. The summed E-state index contributed by atoms with van der Waals surface area (Å²) < 4.78 is 0. The van der Waals surface area contributed by atoms with E-state index in [2.05, 4.69) is 0 Å². The molecule has 0 aromatic heterocycles. The number of carboxylic acid groups (broad SMARTS) is 2. The first kappa shape index (κ1) is 29.0. The van der Waals surface area contributed by atoms with Gasteiger partial charge in [0.05, 0.1) is 23.3 Å². The van der Waals surface area contributed by atoms with Crippen LogP contribution in [0.15, 0.2) is 121 Å². The Morgan fingerprint density at radius 3 is 0.973 bits per heavy atom. The molecule has 37 heavy (non-hydrogen) atoms. The summed E-state index contributed by atoms with van der Waals surface area (Å²) >= 11 is 0. The van der Waals surface area contributed by atoms with Crippen LogP contribution in [0, 0.1) is 5.41 Å². The van der Waals surface area contributed by atoms with E-state index in [9.17, 15) is 19.8 Å². The van der Waals surface area contributed by atoms with Crippen LogP contribution in [0.1, 0.15) is 57.9 Å². The highest BCUT2D eigenvalue weighted by Crippen LogP contribution is 2.43. The number of carboxylic acids is 2. The summed E-state index contributed by atoms with van der Waals surface area (Å²) in [5.41, 5.74) is 1.64. The standard InChI is InChI=1S/C17H20O2.2C7H6O2/c1-17(2,15(18)13-9-5-3-6-10-13)16(19)14-11-7-4-8-12-14;2*8-7(9)6-4-2-1-3-5-6/h3-12,15-16,18-19H,1-2H3;2*1-5H,(H,8,9). The van der Waals surface area contributed by atoms with Gasteiger partial charge >= 0.3 is 11.9 Å². The Morgan fingerprint density at radius 2 is 0.757 bits per heavy atom. The van der Waals surface area contributed by atoms with Crippen LogP contribution < -0.4 is 0 Å². The number of hydrogen-bond donors (Lipinski definition) is 4. The van der Waals surface area contributed by atoms with Gasteiger partial charge in [-0.25, -0.2) is 9.59 Å². The maximum absolute atomic E-state index is 10.5. The summed E-state index contributed by atoms with van der Waals surface area (Å²) in [5.74, 6) is -1.76. The molecule has 0 heterocycles. The third-order valence-corrected chi connectivity index (χ3v) is 5.68. The van der Waals surface area contributed by atoms with Gasteiger partial charge in [-0.3, -0.25) is 0 Å². The Labute approximate surface area is 217 Å². The molecule has 0 saturated carbocycles. The topological polar surface area (TPSA) is 115 Å². The quantitative estimate of drug-likeness (QED) is 0.249. The van der Waals surface area contributed by atoms with E-state index in [4.69, 9.17) is 10.2 Å². The molecule has 0 radical (unpaired) electrons. The highest BCUT2D eigenvalue weighted by Gasteiger charge is 2.37. The van der Waals surface area contributed by atoms with E-state index in [0.717, 1.165) is 11.1 Å². The van der Waals surface area contributed by atoms with Gasteiger partial charge in [-0.1, -0.05) is 111 Å². The van der Waals surface area contributed by atoms with Crippen molar-refractivity contribution in [2.24, 2.45) is 5.41 Å². The van der Waals surface area contributed by atoms with E-state index >= 15 is 0 Å². The fourth-order valence-electron chi connectivity index (χ4n) is 3.44. The first-order chi connectivity index (χ1) is 17.6. The minimum atomic E-state index is -0.879. The third kappa shape index (κ3) is 9.04. The molecule has 0 saturated heterocycles. The number of aliphatic hydroxyl groups is 2. The van der Waals surface area contributed by atoms with Gasteiger partial charge in [0.15, 0.2) is 0 Å².